The quantitative estimate of drug-likeness (QED) is 0.449. The van der Waals surface area contributed by atoms with E-state index in [2.05, 4.69) is 34.5 Å². The van der Waals surface area contributed by atoms with E-state index in [1.807, 2.05) is 43.9 Å². The van der Waals surface area contributed by atoms with Crippen molar-refractivity contribution in [2.75, 3.05) is 31.1 Å². The van der Waals surface area contributed by atoms with Gasteiger partial charge in [-0.3, -0.25) is 24.0 Å². The van der Waals surface area contributed by atoms with Crippen LogP contribution in [-0.2, 0) is 21.4 Å². The van der Waals surface area contributed by atoms with Crippen molar-refractivity contribution in [2.45, 2.75) is 70.9 Å². The van der Waals surface area contributed by atoms with Crippen molar-refractivity contribution >= 4 is 34.6 Å². The number of imide groups is 1. The normalized spacial score (nSPS) is 20.9. The second-order valence-corrected chi connectivity index (χ2v) is 13.4. The molecule has 3 aliphatic heterocycles. The topological polar surface area (TPSA) is 106 Å². The van der Waals surface area contributed by atoms with E-state index in [1.165, 1.54) is 10.3 Å². The molecule has 3 fully saturated rings. The predicted octanol–water partition coefficient (Wildman–Crippen LogP) is 4.60. The molecule has 10 heteroatoms. The third kappa shape index (κ3) is 5.67. The number of carbonyl (C=O) groups is 3. The van der Waals surface area contributed by atoms with Crippen LogP contribution in [0.25, 0.3) is 22.2 Å². The summed E-state index contributed by atoms with van der Waals surface area (Å²) < 4.78 is 8.65. The van der Waals surface area contributed by atoms with Crippen LogP contribution >= 0.6 is 0 Å². The molecular formula is C33H41N5O5. The first kappa shape index (κ1) is 29.0. The number of carbonyl (C=O) groups excluding carboxylic acids is 3. The Hall–Kier alpha value is -4.08. The zero-order chi connectivity index (χ0) is 30.5. The zero-order valence-electron chi connectivity index (χ0n) is 25.5. The summed E-state index contributed by atoms with van der Waals surface area (Å²) in [7, 11) is 1.71. The molecule has 1 N–H and O–H groups in total. The highest BCUT2D eigenvalue weighted by Crippen LogP contribution is 2.42. The van der Waals surface area contributed by atoms with Gasteiger partial charge in [-0.25, -0.2) is 9.59 Å². The van der Waals surface area contributed by atoms with Crippen molar-refractivity contribution in [1.82, 2.24) is 19.4 Å². The van der Waals surface area contributed by atoms with Crippen molar-refractivity contribution in [3.8, 4) is 11.1 Å². The molecule has 2 aromatic carbocycles. The van der Waals surface area contributed by atoms with Crippen LogP contribution in [0.15, 0.2) is 47.3 Å². The van der Waals surface area contributed by atoms with E-state index in [4.69, 9.17) is 4.74 Å². The molecule has 228 valence electrons. The van der Waals surface area contributed by atoms with Crippen molar-refractivity contribution in [1.29, 1.82) is 0 Å². The molecule has 43 heavy (non-hydrogen) atoms. The molecule has 1 aromatic heterocycles. The first-order valence-electron chi connectivity index (χ1n) is 15.3. The summed E-state index contributed by atoms with van der Waals surface area (Å²) in [6.07, 6.45) is 4.61. The molecule has 1 unspecified atom stereocenters. The number of amides is 3. The van der Waals surface area contributed by atoms with E-state index in [9.17, 15) is 19.2 Å². The standard InChI is InChI=1S/C33H41N5O5/c1-32(2,3)43-31(42)37-19-15-33(16-20-37)13-17-36(18-14-33)24-8-5-22(6-9-24)23-7-10-25-27(21-23)35(4)30(41)38(25)26-11-12-28(39)34-29(26)40/h5-10,21,26H,11-20H2,1-4H3,(H,34,39,40). The molecular weight excluding hydrogens is 546 g/mol. The molecule has 10 nitrogen and oxygen atoms in total. The van der Waals surface area contributed by atoms with Gasteiger partial charge in [0.05, 0.1) is 11.0 Å². The molecule has 0 aliphatic carbocycles. The number of anilines is 1. The number of benzene rings is 2. The third-order valence-corrected chi connectivity index (χ3v) is 9.48. The fourth-order valence-corrected chi connectivity index (χ4v) is 6.87. The van der Waals surface area contributed by atoms with Gasteiger partial charge in [0.25, 0.3) is 0 Å². The van der Waals surface area contributed by atoms with Gasteiger partial charge in [0.2, 0.25) is 11.8 Å². The number of ether oxygens (including phenoxy) is 1. The molecule has 3 saturated heterocycles. The van der Waals surface area contributed by atoms with Crippen LogP contribution in [0.2, 0.25) is 0 Å². The summed E-state index contributed by atoms with van der Waals surface area (Å²) in [4.78, 5) is 54.1. The fraction of sp³-hybridized carbons (Fsp3) is 0.515. The SMILES string of the molecule is Cn1c(=O)n(C2CCC(=O)NC2=O)c2ccc(-c3ccc(N4CCC5(CCN(C(=O)OC(C)(C)C)CC5)CC4)cc3)cc21. The van der Waals surface area contributed by atoms with E-state index in [-0.39, 0.29) is 24.1 Å². The minimum Gasteiger partial charge on any atom is -0.444 e. The average Bonchev–Trinajstić information content (AvgIpc) is 3.22. The Balaban J connectivity index is 1.11. The molecule has 6 rings (SSSR count). The van der Waals surface area contributed by atoms with Gasteiger partial charge in [0.1, 0.15) is 11.6 Å². The predicted molar refractivity (Wildman–Crippen MR) is 165 cm³/mol. The van der Waals surface area contributed by atoms with Crippen LogP contribution in [0.4, 0.5) is 10.5 Å². The van der Waals surface area contributed by atoms with Crippen molar-refractivity contribution in [3.05, 3.63) is 52.9 Å². The van der Waals surface area contributed by atoms with Crippen LogP contribution in [0.5, 0.6) is 0 Å². The number of hydrogen-bond donors (Lipinski definition) is 1. The number of nitrogens with zero attached hydrogens (tertiary/aromatic N) is 4. The minimum absolute atomic E-state index is 0.201. The number of aromatic nitrogens is 2. The van der Waals surface area contributed by atoms with Gasteiger partial charge < -0.3 is 14.5 Å². The molecule has 1 atom stereocenters. The number of imidazole rings is 1. The van der Waals surface area contributed by atoms with Crippen LogP contribution in [0.3, 0.4) is 0 Å². The molecule has 0 bridgehead atoms. The number of piperidine rings is 3. The lowest BCUT2D eigenvalue weighted by Crippen LogP contribution is -2.49. The van der Waals surface area contributed by atoms with Gasteiger partial charge in [-0.05, 0) is 93.7 Å². The number of rotatable bonds is 3. The van der Waals surface area contributed by atoms with Crippen molar-refractivity contribution in [3.63, 3.8) is 0 Å². The summed E-state index contributed by atoms with van der Waals surface area (Å²) in [5.74, 6) is -0.731. The Kier molecular flexibility index (Phi) is 7.34. The van der Waals surface area contributed by atoms with Crippen LogP contribution < -0.4 is 15.9 Å². The van der Waals surface area contributed by atoms with Gasteiger partial charge in [-0.15, -0.1) is 0 Å². The summed E-state index contributed by atoms with van der Waals surface area (Å²) in [5.41, 5.74) is 4.22. The summed E-state index contributed by atoms with van der Waals surface area (Å²) in [6, 6.07) is 13.7. The Morgan fingerprint density at radius 2 is 1.51 bits per heavy atom. The van der Waals surface area contributed by atoms with Crippen molar-refractivity contribution in [2.24, 2.45) is 12.5 Å². The summed E-state index contributed by atoms with van der Waals surface area (Å²) in [5, 5.41) is 2.36. The lowest BCUT2D eigenvalue weighted by molar-refractivity contribution is -0.135. The number of nitrogens with one attached hydrogen (secondary N) is 1. The third-order valence-electron chi connectivity index (χ3n) is 9.48. The fourth-order valence-electron chi connectivity index (χ4n) is 6.87. The highest BCUT2D eigenvalue weighted by Gasteiger charge is 2.39. The second-order valence-electron chi connectivity index (χ2n) is 13.4. The molecule has 3 aromatic rings. The zero-order valence-corrected chi connectivity index (χ0v) is 25.5. The molecule has 0 radical (unpaired) electrons. The summed E-state index contributed by atoms with van der Waals surface area (Å²) in [6.45, 7) is 9.23. The second kappa shape index (κ2) is 10.9. The highest BCUT2D eigenvalue weighted by atomic mass is 16.6. The minimum atomic E-state index is -0.694. The molecule has 3 amide bonds. The van der Waals surface area contributed by atoms with Crippen molar-refractivity contribution < 1.29 is 19.1 Å². The first-order valence-corrected chi connectivity index (χ1v) is 15.3. The molecule has 0 saturated carbocycles. The Morgan fingerprint density at radius 1 is 0.884 bits per heavy atom. The van der Waals surface area contributed by atoms with E-state index in [0.717, 1.165) is 68.5 Å². The number of likely N-dealkylation sites (tertiary alicyclic amines) is 1. The highest BCUT2D eigenvalue weighted by molar-refractivity contribution is 6.00. The smallest absolute Gasteiger partial charge is 0.410 e. The number of aryl methyl sites for hydroxylation is 1. The Labute approximate surface area is 251 Å². The maximum Gasteiger partial charge on any atom is 0.410 e. The van der Waals surface area contributed by atoms with Crippen LogP contribution in [0, 0.1) is 5.41 Å². The maximum atomic E-state index is 13.1. The van der Waals surface area contributed by atoms with E-state index in [0.29, 0.717) is 17.4 Å². The largest absolute Gasteiger partial charge is 0.444 e. The van der Waals surface area contributed by atoms with Crippen LogP contribution in [-0.4, -0.2) is 63.7 Å². The van der Waals surface area contributed by atoms with Gasteiger partial charge >= 0.3 is 11.8 Å². The maximum absolute atomic E-state index is 13.1. The Bertz CT molecular complexity index is 1610. The van der Waals surface area contributed by atoms with Gasteiger partial charge in [0, 0.05) is 45.3 Å². The lowest BCUT2D eigenvalue weighted by atomic mass is 9.71. The van der Waals surface area contributed by atoms with Gasteiger partial charge in [0.15, 0.2) is 0 Å². The van der Waals surface area contributed by atoms with E-state index < -0.39 is 17.6 Å². The number of fused-ring (bicyclic) bond motifs is 1. The van der Waals surface area contributed by atoms with E-state index in [1.54, 1.807) is 11.6 Å². The molecule has 1 spiro atoms. The average molecular weight is 588 g/mol. The monoisotopic (exact) mass is 587 g/mol. The number of hydrogen-bond acceptors (Lipinski definition) is 6. The van der Waals surface area contributed by atoms with E-state index >= 15 is 0 Å². The molecule has 4 heterocycles. The lowest BCUT2D eigenvalue weighted by Gasteiger charge is -2.47. The Morgan fingerprint density at radius 3 is 2.14 bits per heavy atom. The van der Waals surface area contributed by atoms with Gasteiger partial charge in [-0.1, -0.05) is 18.2 Å². The summed E-state index contributed by atoms with van der Waals surface area (Å²) >= 11 is 0. The van der Waals surface area contributed by atoms with Crippen LogP contribution in [0.1, 0.15) is 65.3 Å². The first-order chi connectivity index (χ1) is 20.4. The van der Waals surface area contributed by atoms with Gasteiger partial charge in [-0.2, -0.15) is 0 Å². The molecule has 3 aliphatic rings.